The number of nitrogens with zero attached hydrogens (tertiary/aromatic N) is 3. The molecule has 128 valence electrons. The van der Waals surface area contributed by atoms with Gasteiger partial charge in [-0.3, -0.25) is 9.48 Å². The van der Waals surface area contributed by atoms with E-state index in [0.29, 0.717) is 18.8 Å². The van der Waals surface area contributed by atoms with E-state index in [1.54, 1.807) is 4.68 Å². The predicted octanol–water partition coefficient (Wildman–Crippen LogP) is 3.43. The van der Waals surface area contributed by atoms with Gasteiger partial charge in [-0.25, -0.2) is 0 Å². The summed E-state index contributed by atoms with van der Waals surface area (Å²) < 4.78 is 7.73. The number of hydrogen-bond acceptors (Lipinski definition) is 3. The van der Waals surface area contributed by atoms with Crippen molar-refractivity contribution in [3.05, 3.63) is 41.6 Å². The number of carbonyl (C=O) groups is 1. The smallest absolute Gasteiger partial charge is 0.223 e. The second-order valence-corrected chi connectivity index (χ2v) is 7.32. The fourth-order valence-electron chi connectivity index (χ4n) is 3.84. The van der Waals surface area contributed by atoms with Gasteiger partial charge in [0.05, 0.1) is 12.2 Å². The van der Waals surface area contributed by atoms with Crippen LogP contribution in [0.2, 0.25) is 0 Å². The first-order valence-corrected chi connectivity index (χ1v) is 8.98. The summed E-state index contributed by atoms with van der Waals surface area (Å²) in [5.41, 5.74) is 1.14. The van der Waals surface area contributed by atoms with E-state index in [1.807, 2.05) is 30.4 Å². The molecule has 1 amide bonds. The molecule has 24 heavy (non-hydrogen) atoms. The van der Waals surface area contributed by atoms with Gasteiger partial charge in [-0.1, -0.05) is 6.92 Å². The SMILES string of the molecule is C[C@@H]1C[C@H]1c1ccc(CCC(=O)N2CCC[C@H]2c2cnn(C)c2)o1. The van der Waals surface area contributed by atoms with Gasteiger partial charge in [0.15, 0.2) is 0 Å². The Hall–Kier alpha value is -2.04. The molecule has 0 aromatic carbocycles. The highest BCUT2D eigenvalue weighted by atomic mass is 16.3. The zero-order valence-electron chi connectivity index (χ0n) is 14.4. The highest BCUT2D eigenvalue weighted by molar-refractivity contribution is 5.77. The number of hydrogen-bond donors (Lipinski definition) is 0. The number of aryl methyl sites for hydroxylation is 2. The van der Waals surface area contributed by atoms with Crippen LogP contribution in [0.15, 0.2) is 28.9 Å². The van der Waals surface area contributed by atoms with Crippen LogP contribution in [0.3, 0.4) is 0 Å². The lowest BCUT2D eigenvalue weighted by molar-refractivity contribution is -0.132. The van der Waals surface area contributed by atoms with Crippen molar-refractivity contribution in [2.24, 2.45) is 13.0 Å². The van der Waals surface area contributed by atoms with Gasteiger partial charge < -0.3 is 9.32 Å². The maximum absolute atomic E-state index is 12.7. The minimum Gasteiger partial charge on any atom is -0.466 e. The van der Waals surface area contributed by atoms with Gasteiger partial charge >= 0.3 is 0 Å². The average molecular weight is 327 g/mol. The number of aromatic nitrogens is 2. The van der Waals surface area contributed by atoms with Gasteiger partial charge in [-0.05, 0) is 37.3 Å². The number of furan rings is 1. The monoisotopic (exact) mass is 327 g/mol. The first-order chi connectivity index (χ1) is 11.6. The molecule has 2 aromatic rings. The fraction of sp³-hybridized carbons (Fsp3) is 0.579. The van der Waals surface area contributed by atoms with Crippen molar-refractivity contribution in [1.82, 2.24) is 14.7 Å². The summed E-state index contributed by atoms with van der Waals surface area (Å²) in [6.07, 6.45) is 8.43. The molecule has 2 aliphatic rings. The number of amides is 1. The van der Waals surface area contributed by atoms with Crippen molar-refractivity contribution in [3.63, 3.8) is 0 Å². The van der Waals surface area contributed by atoms with Gasteiger partial charge in [0.1, 0.15) is 11.5 Å². The zero-order valence-corrected chi connectivity index (χ0v) is 14.4. The summed E-state index contributed by atoms with van der Waals surface area (Å²) in [6, 6.07) is 4.31. The Balaban J connectivity index is 1.36. The van der Waals surface area contributed by atoms with Crippen LogP contribution in [0.25, 0.3) is 0 Å². The summed E-state index contributed by atoms with van der Waals surface area (Å²) >= 11 is 0. The lowest BCUT2D eigenvalue weighted by atomic mass is 10.1. The van der Waals surface area contributed by atoms with E-state index >= 15 is 0 Å². The molecule has 2 aromatic heterocycles. The molecule has 0 unspecified atom stereocenters. The quantitative estimate of drug-likeness (QED) is 0.845. The lowest BCUT2D eigenvalue weighted by Crippen LogP contribution is -2.30. The van der Waals surface area contributed by atoms with Gasteiger partial charge in [0.25, 0.3) is 0 Å². The van der Waals surface area contributed by atoms with E-state index in [0.717, 1.165) is 42.4 Å². The molecule has 4 rings (SSSR count). The van der Waals surface area contributed by atoms with Gasteiger partial charge in [-0.15, -0.1) is 0 Å². The average Bonchev–Trinajstić information content (AvgIpc) is 3.03. The highest BCUT2D eigenvalue weighted by Crippen LogP contribution is 2.47. The van der Waals surface area contributed by atoms with Crippen LogP contribution in [-0.4, -0.2) is 27.1 Å². The first-order valence-electron chi connectivity index (χ1n) is 8.98. The van der Waals surface area contributed by atoms with E-state index < -0.39 is 0 Å². The predicted molar refractivity (Wildman–Crippen MR) is 90.4 cm³/mol. The molecule has 1 saturated heterocycles. The van der Waals surface area contributed by atoms with Crippen LogP contribution >= 0.6 is 0 Å². The molecule has 0 bridgehead atoms. The standard InChI is InChI=1S/C19H25N3O2/c1-13-10-16(13)18-7-5-15(24-18)6-8-19(23)22-9-3-4-17(22)14-11-20-21(2)12-14/h5,7,11-13,16-17H,3-4,6,8-10H2,1-2H3/t13-,16-,17+/m1/s1. The van der Waals surface area contributed by atoms with Crippen LogP contribution in [0.1, 0.15) is 61.7 Å². The Kier molecular flexibility index (Phi) is 3.94. The largest absolute Gasteiger partial charge is 0.466 e. The third-order valence-electron chi connectivity index (χ3n) is 5.43. The summed E-state index contributed by atoms with van der Waals surface area (Å²) in [6.45, 7) is 3.10. The van der Waals surface area contributed by atoms with E-state index in [-0.39, 0.29) is 11.9 Å². The maximum Gasteiger partial charge on any atom is 0.223 e. The molecule has 0 radical (unpaired) electrons. The van der Waals surface area contributed by atoms with Crippen molar-refractivity contribution in [2.45, 2.75) is 51.0 Å². The Morgan fingerprint density at radius 1 is 1.42 bits per heavy atom. The van der Waals surface area contributed by atoms with E-state index in [1.165, 1.54) is 6.42 Å². The molecule has 3 atom stereocenters. The van der Waals surface area contributed by atoms with Gasteiger partial charge in [-0.2, -0.15) is 5.10 Å². The maximum atomic E-state index is 12.7. The summed E-state index contributed by atoms with van der Waals surface area (Å²) in [5.74, 6) is 3.60. The van der Waals surface area contributed by atoms with Crippen LogP contribution in [0, 0.1) is 5.92 Å². The summed E-state index contributed by atoms with van der Waals surface area (Å²) in [7, 11) is 1.92. The molecule has 3 heterocycles. The first kappa shape index (κ1) is 15.5. The van der Waals surface area contributed by atoms with Crippen molar-refractivity contribution >= 4 is 5.91 Å². The van der Waals surface area contributed by atoms with Gasteiger partial charge in [0.2, 0.25) is 5.91 Å². The minimum atomic E-state index is 0.186. The second-order valence-electron chi connectivity index (χ2n) is 7.32. The van der Waals surface area contributed by atoms with Crippen molar-refractivity contribution in [3.8, 4) is 0 Å². The molecule has 5 nitrogen and oxygen atoms in total. The third kappa shape index (κ3) is 2.99. The molecule has 1 saturated carbocycles. The van der Waals surface area contributed by atoms with Crippen LogP contribution in [0.4, 0.5) is 0 Å². The number of rotatable bonds is 5. The van der Waals surface area contributed by atoms with E-state index in [4.69, 9.17) is 4.42 Å². The molecule has 2 fully saturated rings. The molecule has 0 N–H and O–H groups in total. The molecular weight excluding hydrogens is 302 g/mol. The second kappa shape index (κ2) is 6.11. The van der Waals surface area contributed by atoms with Crippen LogP contribution in [-0.2, 0) is 18.3 Å². The Morgan fingerprint density at radius 2 is 2.25 bits per heavy atom. The minimum absolute atomic E-state index is 0.186. The summed E-state index contributed by atoms with van der Waals surface area (Å²) in [4.78, 5) is 14.7. The summed E-state index contributed by atoms with van der Waals surface area (Å²) in [5, 5.41) is 4.24. The van der Waals surface area contributed by atoms with Crippen LogP contribution < -0.4 is 0 Å². The molecule has 1 aliphatic heterocycles. The van der Waals surface area contributed by atoms with Crippen molar-refractivity contribution in [2.75, 3.05) is 6.54 Å². The van der Waals surface area contributed by atoms with Gasteiger partial charge in [0, 0.05) is 44.1 Å². The highest BCUT2D eigenvalue weighted by Gasteiger charge is 2.36. The number of likely N-dealkylation sites (tertiary alicyclic amines) is 1. The molecule has 1 aliphatic carbocycles. The molecule has 0 spiro atoms. The third-order valence-corrected chi connectivity index (χ3v) is 5.43. The molecule has 5 heteroatoms. The normalized spacial score (nSPS) is 26.1. The van der Waals surface area contributed by atoms with Crippen molar-refractivity contribution in [1.29, 1.82) is 0 Å². The zero-order chi connectivity index (χ0) is 16.7. The van der Waals surface area contributed by atoms with E-state index in [9.17, 15) is 4.79 Å². The number of carbonyl (C=O) groups excluding carboxylic acids is 1. The van der Waals surface area contributed by atoms with Crippen molar-refractivity contribution < 1.29 is 9.21 Å². The van der Waals surface area contributed by atoms with E-state index in [2.05, 4.69) is 18.1 Å². The topological polar surface area (TPSA) is 51.3 Å². The Bertz CT molecular complexity index is 733. The Morgan fingerprint density at radius 3 is 2.96 bits per heavy atom. The fourth-order valence-corrected chi connectivity index (χ4v) is 3.84. The molecular formula is C19H25N3O2. The Labute approximate surface area is 142 Å². The van der Waals surface area contributed by atoms with Crippen LogP contribution in [0.5, 0.6) is 0 Å². The lowest BCUT2D eigenvalue weighted by Gasteiger charge is -2.23.